The number of fused-ring (bicyclic) bond motifs is 3. The van der Waals surface area contributed by atoms with Gasteiger partial charge in [0.1, 0.15) is 19.8 Å². The predicted octanol–water partition coefficient (Wildman–Crippen LogP) is 6.60. The molecule has 0 spiro atoms. The standard InChI is InChI=1S/C34H34N2OSSi/c1-23-13-7-9-16-28(23)37-30-18-12-20-32(36(30)4)39(5,6)31-19-11-15-27(35(31)3)33-24(2)21-22-26-25-14-8-10-17-29(25)38-34(26)33/h7-22H,1-6H3/q+2. The number of thiophene rings is 1. The summed E-state index contributed by atoms with van der Waals surface area (Å²) in [6.07, 6.45) is 0. The number of hydrogen-bond acceptors (Lipinski definition) is 2. The third-order valence-corrected chi connectivity index (χ3v) is 12.8. The van der Waals surface area contributed by atoms with Gasteiger partial charge in [0.05, 0.1) is 11.6 Å². The molecule has 0 radical (unpaired) electrons. The van der Waals surface area contributed by atoms with Gasteiger partial charge in [-0.1, -0.05) is 61.6 Å². The highest BCUT2D eigenvalue weighted by Crippen LogP contribution is 2.40. The van der Waals surface area contributed by atoms with Gasteiger partial charge >= 0.3 is 5.88 Å². The van der Waals surface area contributed by atoms with E-state index in [-0.39, 0.29) is 0 Å². The van der Waals surface area contributed by atoms with Crippen molar-refractivity contribution in [1.82, 2.24) is 0 Å². The number of ether oxygens (including phenoxy) is 1. The zero-order valence-corrected chi connectivity index (χ0v) is 25.3. The Hall–Kier alpha value is -3.80. The number of hydrogen-bond donors (Lipinski definition) is 0. The van der Waals surface area contributed by atoms with Crippen LogP contribution in [0.1, 0.15) is 11.1 Å². The molecule has 0 saturated carbocycles. The zero-order valence-electron chi connectivity index (χ0n) is 23.4. The monoisotopic (exact) mass is 546 g/mol. The summed E-state index contributed by atoms with van der Waals surface area (Å²) in [6.45, 7) is 9.20. The Morgan fingerprint density at radius 2 is 1.33 bits per heavy atom. The van der Waals surface area contributed by atoms with Crippen LogP contribution in [0.3, 0.4) is 0 Å². The molecule has 0 N–H and O–H groups in total. The molecule has 0 aliphatic rings. The fourth-order valence-corrected chi connectivity index (χ4v) is 10.4. The van der Waals surface area contributed by atoms with Gasteiger partial charge in [-0.25, -0.2) is 4.57 Å². The van der Waals surface area contributed by atoms with Crippen LogP contribution < -0.4 is 24.5 Å². The average molecular weight is 547 g/mol. The number of nitrogens with zero attached hydrogens (tertiary/aromatic N) is 2. The van der Waals surface area contributed by atoms with Crippen LogP contribution in [0.5, 0.6) is 11.6 Å². The Labute approximate surface area is 235 Å². The molecule has 0 aliphatic carbocycles. The molecule has 0 unspecified atom stereocenters. The van der Waals surface area contributed by atoms with Crippen molar-refractivity contribution in [3.05, 3.63) is 108 Å². The maximum atomic E-state index is 6.41. The van der Waals surface area contributed by atoms with E-state index in [1.165, 1.54) is 47.6 Å². The van der Waals surface area contributed by atoms with E-state index in [4.69, 9.17) is 4.74 Å². The minimum absolute atomic E-state index is 0.854. The van der Waals surface area contributed by atoms with Gasteiger partial charge in [0.25, 0.3) is 8.07 Å². The second kappa shape index (κ2) is 9.74. The molecule has 3 nitrogen and oxygen atoms in total. The summed E-state index contributed by atoms with van der Waals surface area (Å²) in [6, 6.07) is 34.8. The van der Waals surface area contributed by atoms with Gasteiger partial charge in [-0.15, -0.1) is 11.3 Å². The SMILES string of the molecule is Cc1ccccc1Oc1cccc([Si](C)(C)c2cccc(-c3c(C)ccc4c3sc3ccccc34)[n+]2C)[n+]1C. The lowest BCUT2D eigenvalue weighted by Gasteiger charge is -2.19. The van der Waals surface area contributed by atoms with Crippen molar-refractivity contribution in [1.29, 1.82) is 0 Å². The molecule has 0 atom stereocenters. The Balaban J connectivity index is 1.48. The fourth-order valence-electron chi connectivity index (χ4n) is 5.88. The van der Waals surface area contributed by atoms with Crippen molar-refractivity contribution < 1.29 is 13.9 Å². The first kappa shape index (κ1) is 25.5. The molecule has 0 bridgehead atoms. The van der Waals surface area contributed by atoms with E-state index >= 15 is 0 Å². The van der Waals surface area contributed by atoms with Gasteiger partial charge in [0.2, 0.25) is 5.69 Å². The van der Waals surface area contributed by atoms with E-state index in [2.05, 4.69) is 129 Å². The van der Waals surface area contributed by atoms with Crippen molar-refractivity contribution in [2.75, 3.05) is 0 Å². The van der Waals surface area contributed by atoms with Crippen LogP contribution in [0.4, 0.5) is 0 Å². The molecule has 3 aromatic carbocycles. The lowest BCUT2D eigenvalue weighted by molar-refractivity contribution is -0.660. The molecule has 6 aromatic rings. The van der Waals surface area contributed by atoms with E-state index < -0.39 is 8.07 Å². The first-order valence-electron chi connectivity index (χ1n) is 13.4. The first-order chi connectivity index (χ1) is 18.8. The van der Waals surface area contributed by atoms with E-state index in [0.717, 1.165) is 17.2 Å². The number of para-hydroxylation sites is 1. The topological polar surface area (TPSA) is 17.0 Å². The molecule has 0 aliphatic heterocycles. The minimum Gasteiger partial charge on any atom is -0.405 e. The first-order valence-corrected chi connectivity index (χ1v) is 17.2. The van der Waals surface area contributed by atoms with Crippen molar-refractivity contribution in [2.24, 2.45) is 14.1 Å². The third kappa shape index (κ3) is 4.26. The smallest absolute Gasteiger partial charge is 0.372 e. The Kier molecular flexibility index (Phi) is 6.36. The molecular formula is C34H34N2OSSi+2. The Morgan fingerprint density at radius 3 is 2.13 bits per heavy atom. The zero-order chi connectivity index (χ0) is 27.3. The molecule has 0 amide bonds. The highest BCUT2D eigenvalue weighted by atomic mass is 32.1. The lowest BCUT2D eigenvalue weighted by Crippen LogP contribution is -2.72. The van der Waals surface area contributed by atoms with Crippen LogP contribution in [0.25, 0.3) is 31.4 Å². The Bertz CT molecular complexity index is 1870. The van der Waals surface area contributed by atoms with Crippen LogP contribution in [0.2, 0.25) is 13.1 Å². The number of benzene rings is 3. The molecular weight excluding hydrogens is 513 g/mol. The van der Waals surface area contributed by atoms with E-state index in [1.54, 1.807) is 0 Å². The molecule has 194 valence electrons. The van der Waals surface area contributed by atoms with Crippen molar-refractivity contribution in [3.8, 4) is 22.9 Å². The predicted molar refractivity (Wildman–Crippen MR) is 166 cm³/mol. The number of pyridine rings is 2. The molecule has 3 aromatic heterocycles. The van der Waals surface area contributed by atoms with Crippen LogP contribution in [0, 0.1) is 13.8 Å². The minimum atomic E-state index is -2.14. The van der Waals surface area contributed by atoms with Gasteiger partial charge < -0.3 is 4.74 Å². The molecule has 3 heterocycles. The molecule has 0 saturated heterocycles. The average Bonchev–Trinajstić information content (AvgIpc) is 3.30. The van der Waals surface area contributed by atoms with Crippen molar-refractivity contribution in [2.45, 2.75) is 26.9 Å². The van der Waals surface area contributed by atoms with Crippen molar-refractivity contribution >= 4 is 50.2 Å². The van der Waals surface area contributed by atoms with Crippen LogP contribution in [-0.2, 0) is 14.1 Å². The van der Waals surface area contributed by atoms with Crippen LogP contribution in [-0.4, -0.2) is 8.07 Å². The summed E-state index contributed by atoms with van der Waals surface area (Å²) in [5.41, 5.74) is 5.03. The van der Waals surface area contributed by atoms with Crippen LogP contribution >= 0.6 is 11.3 Å². The second-order valence-corrected chi connectivity index (χ2v) is 16.2. The second-order valence-electron chi connectivity index (χ2n) is 10.9. The normalized spacial score (nSPS) is 11.8. The molecule has 6 rings (SSSR count). The maximum absolute atomic E-state index is 6.41. The Morgan fingerprint density at radius 1 is 0.641 bits per heavy atom. The quantitative estimate of drug-likeness (QED) is 0.176. The molecule has 0 fully saturated rings. The number of rotatable bonds is 5. The number of aromatic nitrogens is 2. The summed E-state index contributed by atoms with van der Waals surface area (Å²) in [5, 5.41) is 5.37. The molecule has 39 heavy (non-hydrogen) atoms. The highest BCUT2D eigenvalue weighted by Gasteiger charge is 2.43. The summed E-state index contributed by atoms with van der Waals surface area (Å²) >= 11 is 1.90. The van der Waals surface area contributed by atoms with E-state index in [1.807, 2.05) is 29.5 Å². The van der Waals surface area contributed by atoms with Gasteiger partial charge in [-0.3, -0.25) is 0 Å². The highest BCUT2D eigenvalue weighted by molar-refractivity contribution is 7.26. The van der Waals surface area contributed by atoms with Crippen LogP contribution in [0.15, 0.2) is 97.1 Å². The largest absolute Gasteiger partial charge is 0.405 e. The van der Waals surface area contributed by atoms with Gasteiger partial charge in [-0.05, 0) is 55.3 Å². The van der Waals surface area contributed by atoms with Gasteiger partial charge in [0.15, 0.2) is 10.6 Å². The summed E-state index contributed by atoms with van der Waals surface area (Å²) in [5.74, 6) is 1.75. The maximum Gasteiger partial charge on any atom is 0.372 e. The lowest BCUT2D eigenvalue weighted by atomic mass is 10.0. The summed E-state index contributed by atoms with van der Waals surface area (Å²) in [7, 11) is 2.22. The fraction of sp³-hybridized carbons (Fsp3) is 0.176. The van der Waals surface area contributed by atoms with Gasteiger partial charge in [-0.2, -0.15) is 4.57 Å². The van der Waals surface area contributed by atoms with E-state index in [0.29, 0.717) is 0 Å². The third-order valence-electron chi connectivity index (χ3n) is 8.02. The van der Waals surface area contributed by atoms with Gasteiger partial charge in [0, 0.05) is 32.3 Å². The summed E-state index contributed by atoms with van der Waals surface area (Å²) in [4.78, 5) is 0. The number of aryl methyl sites for hydroxylation is 2. The molecule has 5 heteroatoms. The summed E-state index contributed by atoms with van der Waals surface area (Å²) < 4.78 is 13.8. The van der Waals surface area contributed by atoms with Crippen molar-refractivity contribution in [3.63, 3.8) is 0 Å². The van der Waals surface area contributed by atoms with E-state index in [9.17, 15) is 0 Å².